The molecule has 1 saturated heterocycles. The Morgan fingerprint density at radius 2 is 1.71 bits per heavy atom. The topological polar surface area (TPSA) is 120 Å². The van der Waals surface area contributed by atoms with Gasteiger partial charge in [0.1, 0.15) is 11.6 Å². The molecular formula is C28H30N4O3. The zero-order valence-electron chi connectivity index (χ0n) is 19.8. The maximum atomic E-state index is 13.3. The zero-order chi connectivity index (χ0) is 24.9. The van der Waals surface area contributed by atoms with Crippen molar-refractivity contribution in [3.05, 3.63) is 100 Å². The van der Waals surface area contributed by atoms with Crippen LogP contribution in [0.25, 0.3) is 0 Å². The van der Waals surface area contributed by atoms with Crippen LogP contribution in [0.3, 0.4) is 0 Å². The molecule has 0 radical (unpaired) electrons. The zero-order valence-corrected chi connectivity index (χ0v) is 19.8. The van der Waals surface area contributed by atoms with E-state index < -0.39 is 6.04 Å². The van der Waals surface area contributed by atoms with Gasteiger partial charge >= 0.3 is 0 Å². The number of phenolic OH excluding ortho intramolecular Hbond substituents is 1. The minimum atomic E-state index is -0.560. The molecule has 0 bridgehead atoms. The van der Waals surface area contributed by atoms with Crippen molar-refractivity contribution in [2.24, 2.45) is 5.73 Å². The summed E-state index contributed by atoms with van der Waals surface area (Å²) in [6, 6.07) is 18.9. The molecule has 3 aromatic rings. The summed E-state index contributed by atoms with van der Waals surface area (Å²) in [7, 11) is 0. The molecular weight excluding hydrogens is 440 g/mol. The third kappa shape index (κ3) is 5.51. The van der Waals surface area contributed by atoms with Gasteiger partial charge in [-0.3, -0.25) is 15.0 Å². The van der Waals surface area contributed by atoms with Crippen molar-refractivity contribution >= 4 is 17.6 Å². The standard InChI is InChI=1S/C28H30N4O3/c1-18-15-21(9-11-22(18)28(35)32-13-5-6-14-32)27(34)31-24(16-19-7-3-2-4-8-19)23-17-20(26(29)30)10-12-25(23)33/h2-4,7-12,15,17,24,33H,5-6,13-14,16H2,1H3,(H3,29,30)(H,31,34). The van der Waals surface area contributed by atoms with Gasteiger partial charge in [0.25, 0.3) is 11.8 Å². The Kier molecular flexibility index (Phi) is 7.15. The van der Waals surface area contributed by atoms with Gasteiger partial charge < -0.3 is 21.1 Å². The maximum Gasteiger partial charge on any atom is 0.254 e. The van der Waals surface area contributed by atoms with Gasteiger partial charge in [0, 0.05) is 35.3 Å². The predicted molar refractivity (Wildman–Crippen MR) is 136 cm³/mol. The lowest BCUT2D eigenvalue weighted by Gasteiger charge is -2.22. The van der Waals surface area contributed by atoms with Crippen molar-refractivity contribution in [2.75, 3.05) is 13.1 Å². The van der Waals surface area contributed by atoms with E-state index in [9.17, 15) is 14.7 Å². The van der Waals surface area contributed by atoms with Crippen molar-refractivity contribution in [1.82, 2.24) is 10.2 Å². The van der Waals surface area contributed by atoms with Crippen LogP contribution >= 0.6 is 0 Å². The van der Waals surface area contributed by atoms with Crippen LogP contribution in [0, 0.1) is 12.3 Å². The Morgan fingerprint density at radius 1 is 1.03 bits per heavy atom. The monoisotopic (exact) mass is 470 g/mol. The van der Waals surface area contributed by atoms with Crippen LogP contribution in [0.4, 0.5) is 0 Å². The molecule has 0 aliphatic carbocycles. The third-order valence-electron chi connectivity index (χ3n) is 6.41. The van der Waals surface area contributed by atoms with E-state index in [0.717, 1.165) is 37.1 Å². The summed E-state index contributed by atoms with van der Waals surface area (Å²) >= 11 is 0. The second-order valence-electron chi connectivity index (χ2n) is 8.93. The van der Waals surface area contributed by atoms with E-state index in [1.165, 1.54) is 6.07 Å². The van der Waals surface area contributed by atoms with E-state index in [1.54, 1.807) is 30.3 Å². The number of hydrogen-bond donors (Lipinski definition) is 4. The van der Waals surface area contributed by atoms with Crippen LogP contribution in [-0.2, 0) is 6.42 Å². The number of amidine groups is 1. The number of nitrogens with zero attached hydrogens (tertiary/aromatic N) is 1. The molecule has 1 fully saturated rings. The third-order valence-corrected chi connectivity index (χ3v) is 6.41. The largest absolute Gasteiger partial charge is 0.508 e. The highest BCUT2D eigenvalue weighted by atomic mass is 16.3. The van der Waals surface area contributed by atoms with Gasteiger partial charge in [0.15, 0.2) is 0 Å². The maximum absolute atomic E-state index is 13.3. The number of phenols is 1. The van der Waals surface area contributed by atoms with Gasteiger partial charge in [0.05, 0.1) is 6.04 Å². The van der Waals surface area contributed by atoms with Gasteiger partial charge in [-0.25, -0.2) is 0 Å². The molecule has 35 heavy (non-hydrogen) atoms. The number of nitrogens with one attached hydrogen (secondary N) is 2. The fourth-order valence-electron chi connectivity index (χ4n) is 4.47. The molecule has 3 aromatic carbocycles. The fraction of sp³-hybridized carbons (Fsp3) is 0.250. The van der Waals surface area contributed by atoms with Gasteiger partial charge in [-0.1, -0.05) is 30.3 Å². The van der Waals surface area contributed by atoms with Gasteiger partial charge in [-0.05, 0) is 73.7 Å². The molecule has 0 saturated carbocycles. The highest BCUT2D eigenvalue weighted by Crippen LogP contribution is 2.29. The normalized spacial score (nSPS) is 13.9. The number of rotatable bonds is 7. The lowest BCUT2D eigenvalue weighted by molar-refractivity contribution is 0.0791. The average Bonchev–Trinajstić information content (AvgIpc) is 3.39. The van der Waals surface area contributed by atoms with Gasteiger partial charge in [-0.15, -0.1) is 0 Å². The summed E-state index contributed by atoms with van der Waals surface area (Å²) in [5.41, 5.74) is 9.37. The van der Waals surface area contributed by atoms with Crippen molar-refractivity contribution < 1.29 is 14.7 Å². The molecule has 2 amide bonds. The first kappa shape index (κ1) is 24.0. The number of hydrogen-bond acceptors (Lipinski definition) is 4. The van der Waals surface area contributed by atoms with Crippen molar-refractivity contribution in [1.29, 1.82) is 5.41 Å². The number of aryl methyl sites for hydroxylation is 1. The minimum absolute atomic E-state index is 0.000109. The van der Waals surface area contributed by atoms with Crippen molar-refractivity contribution in [3.8, 4) is 5.75 Å². The molecule has 5 N–H and O–H groups in total. The molecule has 4 rings (SSSR count). The summed E-state index contributed by atoms with van der Waals surface area (Å²) in [6.45, 7) is 3.37. The van der Waals surface area contributed by atoms with Crippen LogP contribution in [0.1, 0.15) is 61.9 Å². The molecule has 1 heterocycles. The first-order valence-corrected chi connectivity index (χ1v) is 11.8. The quantitative estimate of drug-likeness (QED) is 0.309. The minimum Gasteiger partial charge on any atom is -0.508 e. The lowest BCUT2D eigenvalue weighted by Crippen LogP contribution is -2.31. The van der Waals surface area contributed by atoms with Crippen LogP contribution in [0.5, 0.6) is 5.75 Å². The SMILES string of the molecule is Cc1cc(C(=O)NC(Cc2ccccc2)c2cc(C(=N)N)ccc2O)ccc1C(=O)N1CCCC1. The summed E-state index contributed by atoms with van der Waals surface area (Å²) in [5.74, 6) is -0.425. The van der Waals surface area contributed by atoms with Crippen LogP contribution < -0.4 is 11.1 Å². The first-order valence-electron chi connectivity index (χ1n) is 11.8. The smallest absolute Gasteiger partial charge is 0.254 e. The highest BCUT2D eigenvalue weighted by molar-refractivity contribution is 5.99. The first-order chi connectivity index (χ1) is 16.8. The lowest BCUT2D eigenvalue weighted by atomic mass is 9.95. The number of nitrogens with two attached hydrogens (primary N) is 1. The Bertz CT molecular complexity index is 1250. The van der Waals surface area contributed by atoms with Crippen LogP contribution in [0.15, 0.2) is 66.7 Å². The van der Waals surface area contributed by atoms with E-state index in [1.807, 2.05) is 42.2 Å². The second kappa shape index (κ2) is 10.4. The number of likely N-dealkylation sites (tertiary alicyclic amines) is 1. The van der Waals surface area contributed by atoms with E-state index in [4.69, 9.17) is 11.1 Å². The number of aromatic hydroxyl groups is 1. The Balaban J connectivity index is 1.61. The summed E-state index contributed by atoms with van der Waals surface area (Å²) in [6.07, 6.45) is 2.48. The summed E-state index contributed by atoms with van der Waals surface area (Å²) < 4.78 is 0. The Morgan fingerprint density at radius 3 is 2.37 bits per heavy atom. The summed E-state index contributed by atoms with van der Waals surface area (Å²) in [4.78, 5) is 27.9. The van der Waals surface area contributed by atoms with E-state index >= 15 is 0 Å². The Hall–Kier alpha value is -4.13. The fourth-order valence-corrected chi connectivity index (χ4v) is 4.47. The highest BCUT2D eigenvalue weighted by Gasteiger charge is 2.23. The van der Waals surface area contributed by atoms with Gasteiger partial charge in [0.2, 0.25) is 0 Å². The molecule has 1 aliphatic rings. The number of nitrogen functional groups attached to an aromatic ring is 1. The number of amides is 2. The van der Waals surface area contributed by atoms with E-state index in [2.05, 4.69) is 5.32 Å². The second-order valence-corrected chi connectivity index (χ2v) is 8.93. The molecule has 180 valence electrons. The summed E-state index contributed by atoms with van der Waals surface area (Å²) in [5, 5.41) is 21.4. The van der Waals surface area contributed by atoms with Crippen molar-refractivity contribution in [2.45, 2.75) is 32.2 Å². The molecule has 7 nitrogen and oxygen atoms in total. The van der Waals surface area contributed by atoms with Crippen LogP contribution in [0.2, 0.25) is 0 Å². The Labute approximate surface area is 205 Å². The molecule has 1 atom stereocenters. The van der Waals surface area contributed by atoms with Crippen molar-refractivity contribution in [3.63, 3.8) is 0 Å². The molecule has 0 aromatic heterocycles. The van der Waals surface area contributed by atoms with E-state index in [-0.39, 0.29) is 23.4 Å². The molecule has 1 unspecified atom stereocenters. The number of benzene rings is 3. The van der Waals surface area contributed by atoms with E-state index in [0.29, 0.717) is 28.7 Å². The molecule has 7 heteroatoms. The number of carbonyl (C=O) groups is 2. The van der Waals surface area contributed by atoms with Gasteiger partial charge in [-0.2, -0.15) is 0 Å². The predicted octanol–water partition coefficient (Wildman–Crippen LogP) is 3.93. The average molecular weight is 471 g/mol. The molecule has 0 spiro atoms. The van der Waals surface area contributed by atoms with Crippen LogP contribution in [-0.4, -0.2) is 40.7 Å². The molecule has 1 aliphatic heterocycles. The number of carbonyl (C=O) groups excluding carboxylic acids is 2.